The Morgan fingerprint density at radius 1 is 1.14 bits per heavy atom. The molecule has 0 aromatic heterocycles. The van der Waals surface area contributed by atoms with Crippen LogP contribution in [0.15, 0.2) is 48.5 Å². The van der Waals surface area contributed by atoms with Gasteiger partial charge in [0.15, 0.2) is 6.10 Å². The average molecular weight is 403 g/mol. The fourth-order valence-electron chi connectivity index (χ4n) is 2.15. The highest BCUT2D eigenvalue weighted by molar-refractivity contribution is 5.96. The van der Waals surface area contributed by atoms with E-state index in [1.54, 1.807) is 0 Å². The minimum absolute atomic E-state index is 0.0434. The Hall–Kier alpha value is -4.15. The molecule has 0 bridgehead atoms. The average Bonchev–Trinajstić information content (AvgIpc) is 2.67. The van der Waals surface area contributed by atoms with Crippen molar-refractivity contribution in [2.75, 3.05) is 5.32 Å². The number of nitro groups is 2. The van der Waals surface area contributed by atoms with Crippen molar-refractivity contribution in [1.82, 2.24) is 0 Å². The predicted octanol–water partition coefficient (Wildman–Crippen LogP) is 3.23. The third-order valence-corrected chi connectivity index (χ3v) is 3.57. The van der Waals surface area contributed by atoms with Crippen LogP contribution in [0.3, 0.4) is 0 Å². The van der Waals surface area contributed by atoms with Gasteiger partial charge in [-0.25, -0.2) is 4.79 Å². The Kier molecular flexibility index (Phi) is 6.69. The van der Waals surface area contributed by atoms with Crippen LogP contribution >= 0.6 is 0 Å². The third kappa shape index (κ3) is 5.92. The smallest absolute Gasteiger partial charge is 0.331 e. The van der Waals surface area contributed by atoms with Crippen molar-refractivity contribution >= 4 is 35.0 Å². The Labute approximate surface area is 162 Å². The zero-order valence-electron chi connectivity index (χ0n) is 14.9. The molecule has 1 atom stereocenters. The number of esters is 1. The number of non-ortho nitro benzene ring substituents is 1. The summed E-state index contributed by atoms with van der Waals surface area (Å²) in [5.74, 6) is -2.73. The van der Waals surface area contributed by atoms with E-state index in [1.807, 2.05) is 0 Å². The molecule has 0 fully saturated rings. The molecule has 1 N–H and O–H groups in total. The molecule has 29 heavy (non-hydrogen) atoms. The number of nitrogens with one attached hydrogen (secondary N) is 1. The summed E-state index contributed by atoms with van der Waals surface area (Å²) in [6.07, 6.45) is 1.01. The van der Waals surface area contributed by atoms with Crippen molar-refractivity contribution in [2.45, 2.75) is 13.0 Å². The number of nitrogens with zero attached hydrogens (tertiary/aromatic N) is 2. The number of benzene rings is 2. The normalized spacial score (nSPS) is 11.7. The van der Waals surface area contributed by atoms with E-state index >= 15 is 0 Å². The van der Waals surface area contributed by atoms with Crippen molar-refractivity contribution in [1.29, 1.82) is 0 Å². The first kappa shape index (κ1) is 21.2. The Bertz CT molecular complexity index is 1010. The summed E-state index contributed by atoms with van der Waals surface area (Å²) in [7, 11) is 0. The fourth-order valence-corrected chi connectivity index (χ4v) is 2.15. The minimum atomic E-state index is -1.26. The summed E-state index contributed by atoms with van der Waals surface area (Å²) >= 11 is 0. The van der Waals surface area contributed by atoms with E-state index in [0.717, 1.165) is 24.3 Å². The molecule has 150 valence electrons. The van der Waals surface area contributed by atoms with Crippen LogP contribution in [-0.2, 0) is 14.3 Å². The molecular weight excluding hydrogens is 389 g/mol. The molecule has 10 nitrogen and oxygen atoms in total. The van der Waals surface area contributed by atoms with Crippen LogP contribution in [0.25, 0.3) is 6.08 Å². The molecule has 1 amide bonds. The first-order valence-electron chi connectivity index (χ1n) is 8.05. The predicted molar refractivity (Wildman–Crippen MR) is 99.4 cm³/mol. The maximum Gasteiger partial charge on any atom is 0.331 e. The van der Waals surface area contributed by atoms with Gasteiger partial charge in [0.05, 0.1) is 9.85 Å². The molecule has 2 aromatic carbocycles. The lowest BCUT2D eigenvalue weighted by molar-refractivity contribution is -0.387. The Balaban J connectivity index is 1.98. The molecule has 0 heterocycles. The Morgan fingerprint density at radius 2 is 1.86 bits per heavy atom. The van der Waals surface area contributed by atoms with Crippen LogP contribution in [0, 0.1) is 26.0 Å². The second-order valence-electron chi connectivity index (χ2n) is 5.68. The van der Waals surface area contributed by atoms with E-state index in [-0.39, 0.29) is 11.4 Å². The summed E-state index contributed by atoms with van der Waals surface area (Å²) in [6.45, 7) is 1.27. The van der Waals surface area contributed by atoms with Crippen molar-refractivity contribution in [3.63, 3.8) is 0 Å². The molecule has 1 unspecified atom stereocenters. The van der Waals surface area contributed by atoms with Gasteiger partial charge in [0.2, 0.25) is 5.82 Å². The number of carbonyl (C=O) groups excluding carboxylic acids is 2. The van der Waals surface area contributed by atoms with Gasteiger partial charge in [0, 0.05) is 30.0 Å². The van der Waals surface area contributed by atoms with Crippen LogP contribution in [0.2, 0.25) is 0 Å². The summed E-state index contributed by atoms with van der Waals surface area (Å²) < 4.78 is 18.2. The van der Waals surface area contributed by atoms with E-state index in [4.69, 9.17) is 4.74 Å². The number of hydrogen-bond acceptors (Lipinski definition) is 7. The lowest BCUT2D eigenvalue weighted by atomic mass is 10.2. The van der Waals surface area contributed by atoms with Gasteiger partial charge in [-0.2, -0.15) is 4.39 Å². The van der Waals surface area contributed by atoms with Gasteiger partial charge in [-0.05, 0) is 30.7 Å². The first-order valence-corrected chi connectivity index (χ1v) is 8.05. The topological polar surface area (TPSA) is 142 Å². The highest BCUT2D eigenvalue weighted by atomic mass is 19.1. The molecule has 0 radical (unpaired) electrons. The van der Waals surface area contributed by atoms with Crippen molar-refractivity contribution in [2.24, 2.45) is 0 Å². The third-order valence-electron chi connectivity index (χ3n) is 3.57. The fraction of sp³-hybridized carbons (Fsp3) is 0.111. The van der Waals surface area contributed by atoms with E-state index in [1.165, 1.54) is 37.3 Å². The number of halogens is 1. The van der Waals surface area contributed by atoms with Gasteiger partial charge in [0.1, 0.15) is 0 Å². The number of ether oxygens (including phenoxy) is 1. The quantitative estimate of drug-likeness (QED) is 0.324. The minimum Gasteiger partial charge on any atom is -0.449 e. The number of carbonyl (C=O) groups is 2. The maximum atomic E-state index is 13.3. The molecule has 0 saturated heterocycles. The number of hydrogen-bond donors (Lipinski definition) is 1. The molecule has 2 rings (SSSR count). The van der Waals surface area contributed by atoms with Gasteiger partial charge in [0.25, 0.3) is 11.6 Å². The highest BCUT2D eigenvalue weighted by Crippen LogP contribution is 2.22. The maximum absolute atomic E-state index is 13.3. The molecule has 2 aromatic rings. The standard InChI is InChI=1S/C18H14FN3O7/c1-11(18(24)20-13-6-7-15(19)16(10-13)22(27)28)29-17(23)8-5-12-3-2-4-14(9-12)21(25)26/h2-11H,1H3,(H,20,24)/b8-5+. The number of amides is 1. The van der Waals surface area contributed by atoms with Gasteiger partial charge < -0.3 is 10.1 Å². The van der Waals surface area contributed by atoms with Gasteiger partial charge in [-0.1, -0.05) is 12.1 Å². The summed E-state index contributed by atoms with van der Waals surface area (Å²) in [5, 5.41) is 23.7. The van der Waals surface area contributed by atoms with Crippen LogP contribution in [0.4, 0.5) is 21.5 Å². The highest BCUT2D eigenvalue weighted by Gasteiger charge is 2.19. The van der Waals surface area contributed by atoms with Gasteiger partial charge in [-0.15, -0.1) is 0 Å². The lowest BCUT2D eigenvalue weighted by Gasteiger charge is -2.12. The Morgan fingerprint density at radius 3 is 2.52 bits per heavy atom. The van der Waals surface area contributed by atoms with Crippen molar-refractivity contribution < 1.29 is 28.6 Å². The summed E-state index contributed by atoms with van der Waals surface area (Å²) in [6, 6.07) is 8.31. The van der Waals surface area contributed by atoms with Crippen molar-refractivity contribution in [3.8, 4) is 0 Å². The number of anilines is 1. The molecule has 0 spiro atoms. The second-order valence-corrected chi connectivity index (χ2v) is 5.68. The van der Waals surface area contributed by atoms with E-state index in [2.05, 4.69) is 5.32 Å². The molecule has 0 aliphatic carbocycles. The second kappa shape index (κ2) is 9.17. The summed E-state index contributed by atoms with van der Waals surface area (Å²) in [4.78, 5) is 43.8. The monoisotopic (exact) mass is 403 g/mol. The first-order chi connectivity index (χ1) is 13.7. The van der Waals surface area contributed by atoms with Gasteiger partial charge in [-0.3, -0.25) is 25.0 Å². The molecular formula is C18H14FN3O7. The van der Waals surface area contributed by atoms with Crippen LogP contribution in [0.5, 0.6) is 0 Å². The SMILES string of the molecule is CC(OC(=O)/C=C/c1cccc([N+](=O)[O-])c1)C(=O)Nc1ccc(F)c([N+](=O)[O-])c1. The number of rotatable bonds is 7. The van der Waals surface area contributed by atoms with Gasteiger partial charge >= 0.3 is 11.7 Å². The molecule has 0 aliphatic heterocycles. The van der Waals surface area contributed by atoms with Crippen LogP contribution < -0.4 is 5.32 Å². The molecule has 0 aliphatic rings. The van der Waals surface area contributed by atoms with Crippen LogP contribution in [0.1, 0.15) is 12.5 Å². The van der Waals surface area contributed by atoms with Crippen LogP contribution in [-0.4, -0.2) is 27.8 Å². The van der Waals surface area contributed by atoms with E-state index < -0.39 is 39.3 Å². The largest absolute Gasteiger partial charge is 0.449 e. The zero-order chi connectivity index (χ0) is 21.6. The lowest BCUT2D eigenvalue weighted by Crippen LogP contribution is -2.29. The van der Waals surface area contributed by atoms with E-state index in [9.17, 15) is 34.2 Å². The van der Waals surface area contributed by atoms with Crippen molar-refractivity contribution in [3.05, 3.63) is 80.1 Å². The molecule has 11 heteroatoms. The van der Waals surface area contributed by atoms with E-state index in [0.29, 0.717) is 5.56 Å². The number of nitro benzene ring substituents is 2. The molecule has 0 saturated carbocycles. The zero-order valence-corrected chi connectivity index (χ0v) is 14.9. The summed E-state index contributed by atoms with van der Waals surface area (Å²) in [5.41, 5.74) is -0.626.